The van der Waals surface area contributed by atoms with Crippen molar-refractivity contribution in [1.29, 1.82) is 0 Å². The van der Waals surface area contributed by atoms with Gasteiger partial charge in [-0.2, -0.15) is 0 Å². The molecule has 0 saturated carbocycles. The molecule has 1 atom stereocenters. The molecule has 1 fully saturated rings. The third kappa shape index (κ3) is 4.35. The fourth-order valence-corrected chi connectivity index (χ4v) is 4.80. The monoisotopic (exact) mass is 457 g/mol. The van der Waals surface area contributed by atoms with Gasteiger partial charge in [0.05, 0.1) is 42.6 Å². The number of ether oxygens (including phenoxy) is 2. The van der Waals surface area contributed by atoms with Gasteiger partial charge in [0, 0.05) is 31.0 Å². The third-order valence-corrected chi connectivity index (χ3v) is 6.86. The van der Waals surface area contributed by atoms with Gasteiger partial charge in [0.1, 0.15) is 5.65 Å². The molecule has 3 heterocycles. The predicted octanol–water partition coefficient (Wildman–Crippen LogP) is 3.03. The molecule has 170 valence electrons. The van der Waals surface area contributed by atoms with Crippen LogP contribution in [-0.2, 0) is 25.7 Å². The number of carbonyl (C=O) groups excluding carboxylic acids is 1. The summed E-state index contributed by atoms with van der Waals surface area (Å²) < 4.78 is 36.8. The highest BCUT2D eigenvalue weighted by atomic mass is 32.2. The van der Waals surface area contributed by atoms with E-state index in [0.717, 1.165) is 33.7 Å². The van der Waals surface area contributed by atoms with Gasteiger partial charge in [-0.25, -0.2) is 18.2 Å². The first kappa shape index (κ1) is 22.3. The molecule has 0 unspecified atom stereocenters. The molecule has 8 nitrogen and oxygen atoms in total. The number of morpholine rings is 1. The van der Waals surface area contributed by atoms with Crippen molar-refractivity contribution in [3.05, 3.63) is 53.3 Å². The molecule has 1 amide bonds. The van der Waals surface area contributed by atoms with Crippen LogP contribution in [0.4, 0.5) is 4.79 Å². The smallest absolute Gasteiger partial charge is 0.409 e. The maximum absolute atomic E-state index is 12.0. The van der Waals surface area contributed by atoms with E-state index in [1.165, 1.54) is 13.4 Å². The van der Waals surface area contributed by atoms with Gasteiger partial charge in [-0.1, -0.05) is 6.07 Å². The Hall–Kier alpha value is -2.91. The summed E-state index contributed by atoms with van der Waals surface area (Å²) in [6.07, 6.45) is 3.16. The van der Waals surface area contributed by atoms with Gasteiger partial charge in [-0.05, 0) is 49.2 Å². The minimum absolute atomic E-state index is 0.210. The van der Waals surface area contributed by atoms with Crippen LogP contribution >= 0.6 is 0 Å². The lowest BCUT2D eigenvalue weighted by molar-refractivity contribution is -0.0241. The standard InChI is InChI=1S/C23H27N3O5S/c1-15-7-8-26-20(13-17-14-25(9-10-31-17)23(27)30-3)22(24-21(26)11-15)19-6-5-18(12-16(19)2)32(4,28)29/h5-8,11-12,17H,9-10,13-14H2,1-4H3/t17-/m0/s1. The fraction of sp³-hybridized carbons (Fsp3) is 0.391. The highest BCUT2D eigenvalue weighted by molar-refractivity contribution is 7.90. The Kier molecular flexibility index (Phi) is 5.96. The van der Waals surface area contributed by atoms with Crippen LogP contribution in [-0.4, -0.2) is 68.0 Å². The summed E-state index contributed by atoms with van der Waals surface area (Å²) >= 11 is 0. The lowest BCUT2D eigenvalue weighted by Gasteiger charge is -2.32. The first-order valence-corrected chi connectivity index (χ1v) is 12.3. The zero-order chi connectivity index (χ0) is 23.0. The number of methoxy groups -OCH3 is 1. The Morgan fingerprint density at radius 3 is 2.72 bits per heavy atom. The lowest BCUT2D eigenvalue weighted by atomic mass is 10.0. The molecule has 1 aliphatic rings. The molecule has 0 aliphatic carbocycles. The number of hydrogen-bond donors (Lipinski definition) is 0. The number of amides is 1. The quantitative estimate of drug-likeness (QED) is 0.598. The summed E-state index contributed by atoms with van der Waals surface area (Å²) in [5, 5.41) is 0. The van der Waals surface area contributed by atoms with Crippen molar-refractivity contribution in [1.82, 2.24) is 14.3 Å². The van der Waals surface area contributed by atoms with Gasteiger partial charge < -0.3 is 18.8 Å². The summed E-state index contributed by atoms with van der Waals surface area (Å²) in [6.45, 7) is 5.26. The summed E-state index contributed by atoms with van der Waals surface area (Å²) in [5.74, 6) is 0. The highest BCUT2D eigenvalue weighted by Gasteiger charge is 2.28. The van der Waals surface area contributed by atoms with Crippen LogP contribution < -0.4 is 0 Å². The van der Waals surface area contributed by atoms with Crippen molar-refractivity contribution in [3.63, 3.8) is 0 Å². The van der Waals surface area contributed by atoms with Gasteiger partial charge in [-0.15, -0.1) is 0 Å². The maximum atomic E-state index is 12.0. The van der Waals surface area contributed by atoms with E-state index in [0.29, 0.717) is 26.1 Å². The molecule has 1 aliphatic heterocycles. The van der Waals surface area contributed by atoms with E-state index >= 15 is 0 Å². The van der Waals surface area contributed by atoms with Crippen molar-refractivity contribution < 1.29 is 22.7 Å². The van der Waals surface area contributed by atoms with Crippen LogP contribution in [0.25, 0.3) is 16.9 Å². The number of aromatic nitrogens is 2. The number of imidazole rings is 1. The molecular weight excluding hydrogens is 430 g/mol. The highest BCUT2D eigenvalue weighted by Crippen LogP contribution is 2.31. The average molecular weight is 458 g/mol. The van der Waals surface area contributed by atoms with E-state index in [4.69, 9.17) is 14.5 Å². The van der Waals surface area contributed by atoms with Crippen molar-refractivity contribution in [2.45, 2.75) is 31.3 Å². The number of sulfone groups is 1. The van der Waals surface area contributed by atoms with Crippen molar-refractivity contribution in [2.24, 2.45) is 0 Å². The number of carbonyl (C=O) groups is 1. The minimum Gasteiger partial charge on any atom is -0.453 e. The second kappa shape index (κ2) is 8.55. The zero-order valence-corrected chi connectivity index (χ0v) is 19.5. The van der Waals surface area contributed by atoms with Crippen LogP contribution in [0.2, 0.25) is 0 Å². The van der Waals surface area contributed by atoms with Crippen LogP contribution in [0.5, 0.6) is 0 Å². The van der Waals surface area contributed by atoms with Crippen molar-refractivity contribution in [2.75, 3.05) is 33.1 Å². The van der Waals surface area contributed by atoms with Crippen molar-refractivity contribution in [3.8, 4) is 11.3 Å². The molecule has 0 spiro atoms. The minimum atomic E-state index is -3.30. The number of benzene rings is 1. The van der Waals surface area contributed by atoms with Crippen LogP contribution in [0, 0.1) is 13.8 Å². The first-order valence-electron chi connectivity index (χ1n) is 10.4. The van der Waals surface area contributed by atoms with Crippen LogP contribution in [0.15, 0.2) is 41.4 Å². The molecule has 3 aromatic rings. The van der Waals surface area contributed by atoms with Crippen molar-refractivity contribution >= 4 is 21.6 Å². The summed E-state index contributed by atoms with van der Waals surface area (Å²) in [4.78, 5) is 18.8. The summed E-state index contributed by atoms with van der Waals surface area (Å²) in [7, 11) is -1.92. The molecule has 0 bridgehead atoms. The molecular formula is C23H27N3O5S. The second-order valence-electron chi connectivity index (χ2n) is 8.20. The molecule has 1 saturated heterocycles. The Balaban J connectivity index is 1.77. The van der Waals surface area contributed by atoms with Gasteiger partial charge >= 0.3 is 6.09 Å². The number of pyridine rings is 1. The SMILES string of the molecule is COC(=O)N1CCO[C@@H](Cc2c(-c3ccc(S(C)(=O)=O)cc3C)nc3cc(C)ccn23)C1. The Bertz CT molecular complexity index is 1280. The van der Waals surface area contributed by atoms with Gasteiger partial charge in [-0.3, -0.25) is 0 Å². The largest absolute Gasteiger partial charge is 0.453 e. The summed E-state index contributed by atoms with van der Waals surface area (Å²) in [5.41, 5.74) is 5.33. The van der Waals surface area contributed by atoms with E-state index in [9.17, 15) is 13.2 Å². The van der Waals surface area contributed by atoms with Gasteiger partial charge in [0.2, 0.25) is 0 Å². The average Bonchev–Trinajstić information content (AvgIpc) is 3.09. The third-order valence-electron chi connectivity index (χ3n) is 5.75. The topological polar surface area (TPSA) is 90.2 Å². The van der Waals surface area contributed by atoms with E-state index < -0.39 is 9.84 Å². The van der Waals surface area contributed by atoms with E-state index in [2.05, 4.69) is 0 Å². The van der Waals surface area contributed by atoms with Gasteiger partial charge in [0.15, 0.2) is 9.84 Å². The molecule has 9 heteroatoms. The fourth-order valence-electron chi connectivity index (χ4n) is 4.09. The first-order chi connectivity index (χ1) is 15.2. The zero-order valence-electron chi connectivity index (χ0n) is 18.7. The van der Waals surface area contributed by atoms with Gasteiger partial charge in [0.25, 0.3) is 0 Å². The van der Waals surface area contributed by atoms with Crippen LogP contribution in [0.3, 0.4) is 0 Å². The Labute approximate surface area is 187 Å². The maximum Gasteiger partial charge on any atom is 0.409 e. The number of aryl methyl sites for hydroxylation is 2. The molecule has 0 N–H and O–H groups in total. The summed E-state index contributed by atoms with van der Waals surface area (Å²) in [6, 6.07) is 9.14. The van der Waals surface area contributed by atoms with E-state index in [1.54, 1.807) is 17.0 Å². The predicted molar refractivity (Wildman–Crippen MR) is 121 cm³/mol. The van der Waals surface area contributed by atoms with E-state index in [1.807, 2.05) is 42.6 Å². The van der Waals surface area contributed by atoms with Crippen LogP contribution in [0.1, 0.15) is 16.8 Å². The molecule has 1 aromatic carbocycles. The molecule has 4 rings (SSSR count). The normalized spacial score (nSPS) is 17.0. The molecule has 32 heavy (non-hydrogen) atoms. The number of hydrogen-bond acceptors (Lipinski definition) is 6. The Morgan fingerprint density at radius 2 is 2.03 bits per heavy atom. The number of fused-ring (bicyclic) bond motifs is 1. The lowest BCUT2D eigenvalue weighted by Crippen LogP contribution is -2.46. The Morgan fingerprint density at radius 1 is 1.25 bits per heavy atom. The molecule has 0 radical (unpaired) electrons. The number of nitrogens with zero attached hydrogens (tertiary/aromatic N) is 3. The van der Waals surface area contributed by atoms with E-state index in [-0.39, 0.29) is 17.1 Å². The second-order valence-corrected chi connectivity index (χ2v) is 10.2. The number of rotatable bonds is 4. The molecule has 2 aromatic heterocycles.